The van der Waals surface area contributed by atoms with E-state index in [-0.39, 0.29) is 5.70 Å². The third kappa shape index (κ3) is 0.760. The van der Waals surface area contributed by atoms with Gasteiger partial charge in [-0.05, 0) is 0 Å². The van der Waals surface area contributed by atoms with Crippen LogP contribution in [0, 0.1) is 16.7 Å². The number of nitrogens with zero attached hydrogens (tertiary/aromatic N) is 1. The van der Waals surface area contributed by atoms with Gasteiger partial charge in [0.1, 0.15) is 6.54 Å². The fraction of sp³-hybridized carbons (Fsp3) is 0. The van der Waals surface area contributed by atoms with Crippen LogP contribution in [0.4, 0.5) is 0 Å². The first-order valence-corrected chi connectivity index (χ1v) is 1.99. The Morgan fingerprint density at radius 3 is 2.62 bits per heavy atom. The van der Waals surface area contributed by atoms with Gasteiger partial charge >= 0.3 is 0 Å². The van der Waals surface area contributed by atoms with Gasteiger partial charge in [0.05, 0.1) is 11.1 Å². The van der Waals surface area contributed by atoms with E-state index >= 15 is 0 Å². The quantitative estimate of drug-likeness (QED) is 0.352. The highest BCUT2D eigenvalue weighted by Crippen LogP contribution is 1.98. The van der Waals surface area contributed by atoms with E-state index in [0.717, 1.165) is 0 Å². The minimum absolute atomic E-state index is 0.0463. The molecular formula is C3H4N3O2. The van der Waals surface area contributed by atoms with Crippen LogP contribution in [0.25, 0.3) is 0 Å². The molecule has 1 rings (SSSR count). The van der Waals surface area contributed by atoms with E-state index < -0.39 is 4.92 Å². The van der Waals surface area contributed by atoms with E-state index in [1.54, 1.807) is 0 Å². The molecule has 1 aliphatic heterocycles. The topological polar surface area (TPSA) is 67.2 Å². The molecule has 0 atom stereocenters. The van der Waals surface area contributed by atoms with Crippen LogP contribution in [0.3, 0.4) is 0 Å². The second kappa shape index (κ2) is 1.79. The minimum Gasteiger partial charge on any atom is -0.322 e. The van der Waals surface area contributed by atoms with Crippen LogP contribution in [0.1, 0.15) is 0 Å². The fourth-order valence-electron chi connectivity index (χ4n) is 0.378. The third-order valence-corrected chi connectivity index (χ3v) is 0.734. The molecule has 1 radical (unpaired) electrons. The summed E-state index contributed by atoms with van der Waals surface area (Å²) in [5, 5.41) is 9.83. The van der Waals surface area contributed by atoms with Crippen molar-refractivity contribution in [2.45, 2.75) is 0 Å². The first-order valence-electron chi connectivity index (χ1n) is 1.99. The lowest BCUT2D eigenvalue weighted by Crippen LogP contribution is -2.16. The van der Waals surface area contributed by atoms with Crippen LogP contribution in [0.2, 0.25) is 0 Å². The molecule has 1 aliphatic rings. The molecule has 5 nitrogen and oxygen atoms in total. The molecule has 0 unspecified atom stereocenters. The van der Waals surface area contributed by atoms with Crippen LogP contribution in [0.5, 0.6) is 0 Å². The van der Waals surface area contributed by atoms with Crippen molar-refractivity contribution < 1.29 is 4.92 Å². The Labute approximate surface area is 45.5 Å². The Morgan fingerprint density at radius 1 is 1.62 bits per heavy atom. The van der Waals surface area contributed by atoms with Crippen molar-refractivity contribution in [1.82, 2.24) is 10.9 Å². The summed E-state index contributed by atoms with van der Waals surface area (Å²) in [5.74, 6) is 0. The smallest absolute Gasteiger partial charge is 0.283 e. The zero-order valence-corrected chi connectivity index (χ0v) is 3.92. The Bertz CT molecular complexity index is 141. The molecule has 0 fully saturated rings. The van der Waals surface area contributed by atoms with E-state index in [1.165, 1.54) is 12.7 Å². The number of rotatable bonds is 1. The summed E-state index contributed by atoms with van der Waals surface area (Å²) in [4.78, 5) is 9.35. The first-order chi connectivity index (χ1) is 3.80. The average molecular weight is 114 g/mol. The van der Waals surface area contributed by atoms with Gasteiger partial charge in [-0.3, -0.25) is 10.1 Å². The van der Waals surface area contributed by atoms with Gasteiger partial charge < -0.3 is 5.43 Å². The largest absolute Gasteiger partial charge is 0.322 e. The maximum absolute atomic E-state index is 9.83. The summed E-state index contributed by atoms with van der Waals surface area (Å²) < 4.78 is 0. The van der Waals surface area contributed by atoms with Gasteiger partial charge in [0, 0.05) is 0 Å². The van der Waals surface area contributed by atoms with E-state index in [9.17, 15) is 10.1 Å². The zero-order chi connectivity index (χ0) is 5.98. The Balaban J connectivity index is 2.57. The van der Waals surface area contributed by atoms with Gasteiger partial charge in [-0.25, -0.2) is 5.43 Å². The lowest BCUT2D eigenvalue weighted by Gasteiger charge is -1.84. The van der Waals surface area contributed by atoms with Crippen LogP contribution in [0.15, 0.2) is 11.9 Å². The SMILES string of the molecule is O=[N+]([O-])C1=CNN[CH]1. The van der Waals surface area contributed by atoms with E-state index in [2.05, 4.69) is 10.9 Å². The summed E-state index contributed by atoms with van der Waals surface area (Å²) in [5.41, 5.74) is 4.94. The molecule has 5 heteroatoms. The molecule has 1 heterocycles. The molecule has 2 N–H and O–H groups in total. The molecule has 0 spiro atoms. The van der Waals surface area contributed by atoms with E-state index in [0.29, 0.717) is 0 Å². The van der Waals surface area contributed by atoms with Gasteiger partial charge in [-0.2, -0.15) is 0 Å². The van der Waals surface area contributed by atoms with Gasteiger partial charge in [0.2, 0.25) is 0 Å². The molecule has 43 valence electrons. The summed E-state index contributed by atoms with van der Waals surface area (Å²) in [6.07, 6.45) is 1.28. The predicted octanol–water partition coefficient (Wildman–Crippen LogP) is -0.626. The van der Waals surface area contributed by atoms with Gasteiger partial charge in [-0.15, -0.1) is 0 Å². The Morgan fingerprint density at radius 2 is 2.38 bits per heavy atom. The summed E-state index contributed by atoms with van der Waals surface area (Å²) in [6, 6.07) is 0. The standard InChI is InChI=1S/C3H4N3O2/c7-6(8)3-1-4-5-2-3/h1-2,4-5H. The Hall–Kier alpha value is -1.10. The number of nitro groups is 1. The number of nitrogens with one attached hydrogen (secondary N) is 2. The van der Waals surface area contributed by atoms with Crippen LogP contribution in [-0.4, -0.2) is 4.92 Å². The first kappa shape index (κ1) is 5.04. The zero-order valence-electron chi connectivity index (χ0n) is 3.92. The maximum Gasteiger partial charge on any atom is 0.283 e. The molecular weight excluding hydrogens is 110 g/mol. The monoisotopic (exact) mass is 114 g/mol. The lowest BCUT2D eigenvalue weighted by molar-refractivity contribution is -0.421. The van der Waals surface area contributed by atoms with E-state index in [4.69, 9.17) is 0 Å². The minimum atomic E-state index is -0.479. The maximum atomic E-state index is 9.83. The highest BCUT2D eigenvalue weighted by Gasteiger charge is 2.13. The van der Waals surface area contributed by atoms with Crippen molar-refractivity contribution in [3.63, 3.8) is 0 Å². The van der Waals surface area contributed by atoms with Crippen molar-refractivity contribution in [1.29, 1.82) is 0 Å². The lowest BCUT2D eigenvalue weighted by atomic mass is 10.5. The van der Waals surface area contributed by atoms with Crippen molar-refractivity contribution in [2.75, 3.05) is 0 Å². The molecule has 0 aromatic rings. The van der Waals surface area contributed by atoms with Crippen molar-refractivity contribution in [3.8, 4) is 0 Å². The number of hydrogen-bond donors (Lipinski definition) is 2. The second-order valence-electron chi connectivity index (χ2n) is 1.26. The number of hydrazine groups is 1. The van der Waals surface area contributed by atoms with Crippen molar-refractivity contribution >= 4 is 0 Å². The molecule has 0 aromatic heterocycles. The molecule has 0 aliphatic carbocycles. The highest BCUT2D eigenvalue weighted by molar-refractivity contribution is 5.05. The van der Waals surface area contributed by atoms with Gasteiger partial charge in [0.15, 0.2) is 0 Å². The van der Waals surface area contributed by atoms with Gasteiger partial charge in [-0.1, -0.05) is 0 Å². The molecule has 0 bridgehead atoms. The summed E-state index contributed by atoms with van der Waals surface area (Å²) >= 11 is 0. The van der Waals surface area contributed by atoms with E-state index in [1.807, 2.05) is 0 Å². The molecule has 0 aromatic carbocycles. The van der Waals surface area contributed by atoms with Crippen molar-refractivity contribution in [3.05, 3.63) is 28.6 Å². The molecule has 0 saturated heterocycles. The molecule has 0 saturated carbocycles. The molecule has 0 amide bonds. The highest BCUT2D eigenvalue weighted by atomic mass is 16.6. The number of hydrogen-bond acceptors (Lipinski definition) is 4. The fourth-order valence-corrected chi connectivity index (χ4v) is 0.378. The van der Waals surface area contributed by atoms with Crippen LogP contribution >= 0.6 is 0 Å². The van der Waals surface area contributed by atoms with Crippen LogP contribution < -0.4 is 10.9 Å². The third-order valence-electron chi connectivity index (χ3n) is 0.734. The summed E-state index contributed by atoms with van der Waals surface area (Å²) in [6.45, 7) is 1.28. The average Bonchev–Trinajstić information content (AvgIpc) is 2.12. The molecule has 8 heavy (non-hydrogen) atoms. The summed E-state index contributed by atoms with van der Waals surface area (Å²) in [7, 11) is 0. The normalized spacial score (nSPS) is 17.2. The van der Waals surface area contributed by atoms with Gasteiger partial charge in [0.25, 0.3) is 5.70 Å². The Kier molecular flexibility index (Phi) is 1.13. The van der Waals surface area contributed by atoms with Crippen LogP contribution in [-0.2, 0) is 0 Å². The predicted molar refractivity (Wildman–Crippen MR) is 25.6 cm³/mol. The second-order valence-corrected chi connectivity index (χ2v) is 1.26. The van der Waals surface area contributed by atoms with Crippen molar-refractivity contribution in [2.24, 2.45) is 0 Å².